The van der Waals surface area contributed by atoms with Gasteiger partial charge in [0.05, 0.1) is 0 Å². The summed E-state index contributed by atoms with van der Waals surface area (Å²) in [5.74, 6) is 4.40. The SMILES string of the molecule is CC(C#CCC(=O)O[Si](C)(C)C)[N+](=O)[O-]. The number of carbonyl (C=O) groups excluding carboxylic acids is 1. The Balaban J connectivity index is 4.06. The number of nitro groups is 1. The summed E-state index contributed by atoms with van der Waals surface area (Å²) in [5, 5.41) is 10.2. The molecule has 1 unspecified atom stereocenters. The molecule has 0 saturated heterocycles. The molecule has 84 valence electrons. The van der Waals surface area contributed by atoms with Crippen LogP contribution in [0.1, 0.15) is 13.3 Å². The van der Waals surface area contributed by atoms with Gasteiger partial charge in [0.1, 0.15) is 6.42 Å². The van der Waals surface area contributed by atoms with Gasteiger partial charge in [-0.15, -0.1) is 0 Å². The minimum atomic E-state index is -1.87. The zero-order valence-corrected chi connectivity index (χ0v) is 10.4. The van der Waals surface area contributed by atoms with Gasteiger partial charge < -0.3 is 4.43 Å². The van der Waals surface area contributed by atoms with E-state index in [4.69, 9.17) is 4.43 Å². The third kappa shape index (κ3) is 7.70. The van der Waals surface area contributed by atoms with E-state index in [1.807, 2.05) is 19.6 Å². The van der Waals surface area contributed by atoms with E-state index in [2.05, 4.69) is 11.8 Å². The zero-order valence-electron chi connectivity index (χ0n) is 9.36. The average molecular weight is 229 g/mol. The van der Waals surface area contributed by atoms with Crippen LogP contribution in [0, 0.1) is 22.0 Å². The maximum Gasteiger partial charge on any atom is 0.304 e. The van der Waals surface area contributed by atoms with E-state index >= 15 is 0 Å². The van der Waals surface area contributed by atoms with Gasteiger partial charge in [0, 0.05) is 11.8 Å². The molecule has 0 heterocycles. The van der Waals surface area contributed by atoms with Crippen LogP contribution in [0.5, 0.6) is 0 Å². The molecule has 0 rings (SSSR count). The fourth-order valence-corrected chi connectivity index (χ4v) is 1.46. The second-order valence-corrected chi connectivity index (χ2v) is 8.47. The highest BCUT2D eigenvalue weighted by Crippen LogP contribution is 2.03. The predicted molar refractivity (Wildman–Crippen MR) is 58.3 cm³/mol. The Bertz CT molecular complexity index is 310. The van der Waals surface area contributed by atoms with Gasteiger partial charge in [-0.2, -0.15) is 0 Å². The number of carbonyl (C=O) groups is 1. The largest absolute Gasteiger partial charge is 0.519 e. The molecular formula is C9H15NO4Si. The van der Waals surface area contributed by atoms with Crippen molar-refractivity contribution in [3.63, 3.8) is 0 Å². The summed E-state index contributed by atoms with van der Waals surface area (Å²) in [6.07, 6.45) is -0.0809. The number of nitrogens with zero attached hydrogens (tertiary/aromatic N) is 1. The van der Waals surface area contributed by atoms with Gasteiger partial charge >= 0.3 is 5.97 Å². The Morgan fingerprint density at radius 2 is 2.07 bits per heavy atom. The Morgan fingerprint density at radius 3 is 2.47 bits per heavy atom. The summed E-state index contributed by atoms with van der Waals surface area (Å²) in [6.45, 7) is 7.03. The van der Waals surface area contributed by atoms with Crippen molar-refractivity contribution in [2.24, 2.45) is 0 Å². The highest BCUT2D eigenvalue weighted by atomic mass is 28.4. The summed E-state index contributed by atoms with van der Waals surface area (Å²) >= 11 is 0. The number of hydrogen-bond acceptors (Lipinski definition) is 4. The smallest absolute Gasteiger partial charge is 0.304 e. The lowest BCUT2D eigenvalue weighted by molar-refractivity contribution is -0.502. The van der Waals surface area contributed by atoms with Crippen molar-refractivity contribution < 1.29 is 14.1 Å². The van der Waals surface area contributed by atoms with Crippen LogP contribution < -0.4 is 0 Å². The van der Waals surface area contributed by atoms with Gasteiger partial charge in [0.25, 0.3) is 6.04 Å². The molecular weight excluding hydrogens is 214 g/mol. The van der Waals surface area contributed by atoms with Gasteiger partial charge in [-0.05, 0) is 25.6 Å². The fourth-order valence-electron chi connectivity index (χ4n) is 0.701. The monoisotopic (exact) mass is 229 g/mol. The van der Waals surface area contributed by atoms with E-state index in [0.29, 0.717) is 0 Å². The van der Waals surface area contributed by atoms with Crippen molar-refractivity contribution in [2.75, 3.05) is 0 Å². The van der Waals surface area contributed by atoms with E-state index in [1.165, 1.54) is 6.92 Å². The summed E-state index contributed by atoms with van der Waals surface area (Å²) in [7, 11) is -1.87. The quantitative estimate of drug-likeness (QED) is 0.317. The van der Waals surface area contributed by atoms with E-state index < -0.39 is 25.3 Å². The molecule has 0 bridgehead atoms. The lowest BCUT2D eigenvalue weighted by Gasteiger charge is -2.15. The third-order valence-corrected chi connectivity index (χ3v) is 2.12. The van der Waals surface area contributed by atoms with Gasteiger partial charge in [-0.25, -0.2) is 0 Å². The van der Waals surface area contributed by atoms with Crippen molar-refractivity contribution in [1.82, 2.24) is 0 Å². The molecule has 0 aliphatic carbocycles. The standard InChI is InChI=1S/C9H15NO4Si/c1-8(10(12)13)6-5-7-9(11)14-15(2,3)4/h8H,7H2,1-4H3. The molecule has 0 aliphatic heterocycles. The third-order valence-electron chi connectivity index (χ3n) is 1.28. The highest BCUT2D eigenvalue weighted by molar-refractivity contribution is 6.71. The molecule has 0 aliphatic rings. The molecule has 0 fully saturated rings. The minimum absolute atomic E-state index is 0.0809. The van der Waals surface area contributed by atoms with Crippen molar-refractivity contribution in [1.29, 1.82) is 0 Å². The molecule has 0 N–H and O–H groups in total. The summed E-state index contributed by atoms with van der Waals surface area (Å²) in [4.78, 5) is 20.8. The molecule has 0 aromatic heterocycles. The van der Waals surface area contributed by atoms with Crippen molar-refractivity contribution in [2.45, 2.75) is 39.0 Å². The molecule has 0 amide bonds. The fraction of sp³-hybridized carbons (Fsp3) is 0.667. The predicted octanol–water partition coefficient (Wildman–Crippen LogP) is 1.42. The second-order valence-electron chi connectivity index (χ2n) is 4.05. The first-order valence-corrected chi connectivity index (χ1v) is 7.97. The Hall–Kier alpha value is -1.35. The molecule has 0 radical (unpaired) electrons. The molecule has 0 aromatic carbocycles. The molecule has 5 nitrogen and oxygen atoms in total. The van der Waals surface area contributed by atoms with E-state index in [9.17, 15) is 14.9 Å². The molecule has 6 heteroatoms. The summed E-state index contributed by atoms with van der Waals surface area (Å²) < 4.78 is 5.11. The van der Waals surface area contributed by atoms with Crippen LogP contribution in [0.15, 0.2) is 0 Å². The maximum absolute atomic E-state index is 11.2. The molecule has 0 saturated carbocycles. The first-order chi connectivity index (χ1) is 6.72. The van der Waals surface area contributed by atoms with Crippen molar-refractivity contribution in [3.05, 3.63) is 10.1 Å². The summed E-state index contributed by atoms with van der Waals surface area (Å²) in [6, 6.07) is -0.940. The lowest BCUT2D eigenvalue weighted by Crippen LogP contribution is -2.28. The Morgan fingerprint density at radius 1 is 1.53 bits per heavy atom. The maximum atomic E-state index is 11.2. The van der Waals surface area contributed by atoms with E-state index in [0.717, 1.165) is 0 Å². The van der Waals surface area contributed by atoms with Crippen LogP contribution >= 0.6 is 0 Å². The zero-order chi connectivity index (χ0) is 12.1. The van der Waals surface area contributed by atoms with Crippen LogP contribution in [-0.2, 0) is 9.22 Å². The molecule has 1 atom stereocenters. The molecule has 0 aromatic rings. The van der Waals surface area contributed by atoms with Crippen LogP contribution in [0.3, 0.4) is 0 Å². The van der Waals surface area contributed by atoms with Gasteiger partial charge in [-0.3, -0.25) is 14.9 Å². The van der Waals surface area contributed by atoms with Gasteiger partial charge in [0.2, 0.25) is 8.32 Å². The highest BCUT2D eigenvalue weighted by Gasteiger charge is 2.19. The summed E-state index contributed by atoms with van der Waals surface area (Å²) in [5.41, 5.74) is 0. The van der Waals surface area contributed by atoms with Gasteiger partial charge in [-0.1, -0.05) is 5.92 Å². The van der Waals surface area contributed by atoms with Crippen LogP contribution in [0.4, 0.5) is 0 Å². The normalized spacial score (nSPS) is 12.3. The molecule has 0 spiro atoms. The van der Waals surface area contributed by atoms with Crippen LogP contribution in [0.2, 0.25) is 19.6 Å². The Kier molecular flexibility index (Phi) is 5.01. The van der Waals surface area contributed by atoms with Crippen LogP contribution in [-0.4, -0.2) is 25.3 Å². The van der Waals surface area contributed by atoms with E-state index in [1.54, 1.807) is 0 Å². The molecule has 15 heavy (non-hydrogen) atoms. The first kappa shape index (κ1) is 13.6. The number of hydrogen-bond donors (Lipinski definition) is 0. The van der Waals surface area contributed by atoms with Crippen molar-refractivity contribution >= 4 is 14.3 Å². The number of rotatable bonds is 3. The first-order valence-electron chi connectivity index (χ1n) is 4.56. The van der Waals surface area contributed by atoms with Crippen LogP contribution in [0.25, 0.3) is 0 Å². The van der Waals surface area contributed by atoms with Crippen molar-refractivity contribution in [3.8, 4) is 11.8 Å². The topological polar surface area (TPSA) is 69.4 Å². The second kappa shape index (κ2) is 5.51. The lowest BCUT2D eigenvalue weighted by atomic mass is 10.3. The Labute approximate surface area is 90.1 Å². The minimum Gasteiger partial charge on any atom is -0.519 e. The van der Waals surface area contributed by atoms with Gasteiger partial charge in [0.15, 0.2) is 0 Å². The van der Waals surface area contributed by atoms with E-state index in [-0.39, 0.29) is 6.42 Å². The average Bonchev–Trinajstić information content (AvgIpc) is 2.00.